The fourth-order valence-corrected chi connectivity index (χ4v) is 3.49. The maximum Gasteiger partial charge on any atom is 0.333 e. The Morgan fingerprint density at radius 1 is 1.47 bits per heavy atom. The molecule has 4 atom stereocenters. The normalized spacial score (nSPS) is 41.9. The van der Waals surface area contributed by atoms with Crippen LogP contribution in [0, 0.1) is 11.8 Å². The summed E-state index contributed by atoms with van der Waals surface area (Å²) in [5.74, 6) is -0.0323. The van der Waals surface area contributed by atoms with Crippen LogP contribution in [0.5, 0.6) is 0 Å². The highest BCUT2D eigenvalue weighted by Crippen LogP contribution is 2.51. The van der Waals surface area contributed by atoms with Gasteiger partial charge in [0, 0.05) is 5.57 Å². The highest BCUT2D eigenvalue weighted by atomic mass is 16.8. The van der Waals surface area contributed by atoms with E-state index in [2.05, 4.69) is 0 Å². The third-order valence-corrected chi connectivity index (χ3v) is 4.08. The maximum atomic E-state index is 11.6. The van der Waals surface area contributed by atoms with Crippen LogP contribution in [0.25, 0.3) is 0 Å². The highest BCUT2D eigenvalue weighted by molar-refractivity contribution is 5.89. The lowest BCUT2D eigenvalue weighted by Gasteiger charge is -2.23. The van der Waals surface area contributed by atoms with Crippen molar-refractivity contribution in [3.63, 3.8) is 0 Å². The van der Waals surface area contributed by atoms with Gasteiger partial charge >= 0.3 is 5.97 Å². The van der Waals surface area contributed by atoms with Crippen molar-refractivity contribution in [3.05, 3.63) is 11.6 Å². The first-order valence-corrected chi connectivity index (χ1v) is 6.16. The Bertz CT molecular complexity index is 385. The summed E-state index contributed by atoms with van der Waals surface area (Å²) in [6.07, 6.45) is 4.04. The van der Waals surface area contributed by atoms with Crippen LogP contribution in [0.2, 0.25) is 0 Å². The number of carbonyl (C=O) groups is 1. The highest BCUT2D eigenvalue weighted by Gasteiger charge is 2.56. The van der Waals surface area contributed by atoms with Gasteiger partial charge in [-0.3, -0.25) is 0 Å². The third-order valence-electron chi connectivity index (χ3n) is 4.08. The Kier molecular flexibility index (Phi) is 2.35. The Hall–Kier alpha value is -0.870. The Morgan fingerprint density at radius 2 is 2.24 bits per heavy atom. The van der Waals surface area contributed by atoms with E-state index in [0.717, 1.165) is 18.4 Å². The molecule has 1 saturated carbocycles. The average Bonchev–Trinajstić information content (AvgIpc) is 2.85. The number of methoxy groups -OCH3 is 1. The van der Waals surface area contributed by atoms with E-state index >= 15 is 0 Å². The zero-order valence-electron chi connectivity index (χ0n) is 10.4. The first-order chi connectivity index (χ1) is 8.02. The van der Waals surface area contributed by atoms with Gasteiger partial charge in [-0.15, -0.1) is 0 Å². The molecule has 0 spiro atoms. The standard InChI is InChI=1S/C13H18O4/c1-13(2)16-10-6-9-7(11(10)17-13)4-5-8(9)12(14)15-3/h5,7,9-11H,4,6H2,1-3H3/t7-,9-,10+,11-/m1/s1. The fraction of sp³-hybridized carbons (Fsp3) is 0.769. The van der Waals surface area contributed by atoms with Gasteiger partial charge in [0.25, 0.3) is 0 Å². The predicted octanol–water partition coefficient (Wildman–Crippen LogP) is 1.65. The van der Waals surface area contributed by atoms with Gasteiger partial charge in [-0.2, -0.15) is 0 Å². The molecule has 4 heteroatoms. The lowest BCUT2D eigenvalue weighted by Crippen LogP contribution is -2.27. The van der Waals surface area contributed by atoms with Crippen LogP contribution in [0.4, 0.5) is 0 Å². The van der Waals surface area contributed by atoms with Crippen LogP contribution in [0.1, 0.15) is 26.7 Å². The minimum atomic E-state index is -0.478. The Labute approximate surface area is 101 Å². The van der Waals surface area contributed by atoms with Gasteiger partial charge in [-0.05, 0) is 38.5 Å². The minimum absolute atomic E-state index is 0.133. The van der Waals surface area contributed by atoms with Crippen molar-refractivity contribution in [2.75, 3.05) is 7.11 Å². The topological polar surface area (TPSA) is 44.8 Å². The monoisotopic (exact) mass is 238 g/mol. The zero-order chi connectivity index (χ0) is 12.2. The summed E-state index contributed by atoms with van der Waals surface area (Å²) < 4.78 is 16.6. The van der Waals surface area contributed by atoms with Gasteiger partial charge in [-0.1, -0.05) is 6.08 Å². The number of hydrogen-bond donors (Lipinski definition) is 0. The molecule has 2 fully saturated rings. The molecular formula is C13H18O4. The first kappa shape index (κ1) is 11.2. The summed E-state index contributed by atoms with van der Waals surface area (Å²) in [7, 11) is 1.43. The summed E-state index contributed by atoms with van der Waals surface area (Å²) in [4.78, 5) is 11.6. The second kappa shape index (κ2) is 3.56. The quantitative estimate of drug-likeness (QED) is 0.651. The van der Waals surface area contributed by atoms with Gasteiger partial charge in [-0.25, -0.2) is 4.79 Å². The molecule has 94 valence electrons. The second-order valence-corrected chi connectivity index (χ2v) is 5.53. The van der Waals surface area contributed by atoms with E-state index in [1.807, 2.05) is 19.9 Å². The molecule has 0 aromatic rings. The fourth-order valence-electron chi connectivity index (χ4n) is 3.49. The van der Waals surface area contributed by atoms with Gasteiger partial charge in [0.05, 0.1) is 19.3 Å². The number of allylic oxidation sites excluding steroid dienone is 1. The molecule has 2 aliphatic carbocycles. The van der Waals surface area contributed by atoms with Crippen molar-refractivity contribution in [2.45, 2.75) is 44.7 Å². The molecule has 0 amide bonds. The van der Waals surface area contributed by atoms with Crippen molar-refractivity contribution in [1.29, 1.82) is 0 Å². The molecule has 1 saturated heterocycles. The van der Waals surface area contributed by atoms with E-state index in [0.29, 0.717) is 5.92 Å². The molecular weight excluding hydrogens is 220 g/mol. The first-order valence-electron chi connectivity index (χ1n) is 6.16. The van der Waals surface area contributed by atoms with Crippen molar-refractivity contribution in [1.82, 2.24) is 0 Å². The van der Waals surface area contributed by atoms with Gasteiger partial charge < -0.3 is 14.2 Å². The van der Waals surface area contributed by atoms with Crippen molar-refractivity contribution in [3.8, 4) is 0 Å². The summed E-state index contributed by atoms with van der Waals surface area (Å²) in [6, 6.07) is 0. The molecule has 0 aromatic carbocycles. The van der Waals surface area contributed by atoms with E-state index in [-0.39, 0.29) is 24.1 Å². The number of fused-ring (bicyclic) bond motifs is 3. The lowest BCUT2D eigenvalue weighted by atomic mass is 9.93. The number of ether oxygens (including phenoxy) is 3. The Morgan fingerprint density at radius 3 is 2.94 bits per heavy atom. The molecule has 0 bridgehead atoms. The van der Waals surface area contributed by atoms with Crippen LogP contribution < -0.4 is 0 Å². The number of hydrogen-bond acceptors (Lipinski definition) is 4. The Balaban J connectivity index is 1.78. The summed E-state index contributed by atoms with van der Waals surface area (Å²) in [5.41, 5.74) is 0.817. The van der Waals surface area contributed by atoms with Gasteiger partial charge in [0.2, 0.25) is 0 Å². The van der Waals surface area contributed by atoms with Crippen molar-refractivity contribution in [2.24, 2.45) is 11.8 Å². The summed E-state index contributed by atoms with van der Waals surface area (Å²) in [6.45, 7) is 3.90. The van der Waals surface area contributed by atoms with E-state index in [4.69, 9.17) is 14.2 Å². The zero-order valence-corrected chi connectivity index (χ0v) is 10.4. The second-order valence-electron chi connectivity index (χ2n) is 5.53. The van der Waals surface area contributed by atoms with Crippen LogP contribution in [-0.2, 0) is 19.0 Å². The minimum Gasteiger partial charge on any atom is -0.466 e. The van der Waals surface area contributed by atoms with Crippen LogP contribution in [0.15, 0.2) is 11.6 Å². The van der Waals surface area contributed by atoms with E-state index in [1.165, 1.54) is 7.11 Å². The summed E-state index contributed by atoms with van der Waals surface area (Å²) >= 11 is 0. The van der Waals surface area contributed by atoms with Crippen LogP contribution >= 0.6 is 0 Å². The van der Waals surface area contributed by atoms with Crippen LogP contribution in [-0.4, -0.2) is 31.1 Å². The molecule has 17 heavy (non-hydrogen) atoms. The van der Waals surface area contributed by atoms with Gasteiger partial charge in [0.1, 0.15) is 0 Å². The molecule has 3 aliphatic rings. The molecule has 3 rings (SSSR count). The SMILES string of the molecule is COC(=O)C1=CC[C@H]2[C@H]3OC(C)(C)O[C@H]3C[C@@H]12. The lowest BCUT2D eigenvalue weighted by molar-refractivity contribution is -0.158. The molecule has 0 radical (unpaired) electrons. The maximum absolute atomic E-state index is 11.6. The number of rotatable bonds is 1. The van der Waals surface area contributed by atoms with Crippen molar-refractivity contribution >= 4 is 5.97 Å². The van der Waals surface area contributed by atoms with Crippen molar-refractivity contribution < 1.29 is 19.0 Å². The molecule has 1 aliphatic heterocycles. The predicted molar refractivity (Wildman–Crippen MR) is 60.1 cm³/mol. The van der Waals surface area contributed by atoms with Gasteiger partial charge in [0.15, 0.2) is 5.79 Å². The van der Waals surface area contributed by atoms with E-state index < -0.39 is 5.79 Å². The molecule has 0 N–H and O–H groups in total. The number of carbonyl (C=O) groups excluding carboxylic acids is 1. The molecule has 0 aromatic heterocycles. The smallest absolute Gasteiger partial charge is 0.333 e. The molecule has 0 unspecified atom stereocenters. The average molecular weight is 238 g/mol. The van der Waals surface area contributed by atoms with Crippen LogP contribution in [0.3, 0.4) is 0 Å². The largest absolute Gasteiger partial charge is 0.466 e. The van der Waals surface area contributed by atoms with E-state index in [1.54, 1.807) is 0 Å². The molecule has 4 nitrogen and oxygen atoms in total. The van der Waals surface area contributed by atoms with E-state index in [9.17, 15) is 4.79 Å². The molecule has 1 heterocycles. The summed E-state index contributed by atoms with van der Waals surface area (Å²) in [5, 5.41) is 0. The number of esters is 1. The third kappa shape index (κ3) is 1.62.